The van der Waals surface area contributed by atoms with Gasteiger partial charge in [-0.25, -0.2) is 9.59 Å². The van der Waals surface area contributed by atoms with Crippen molar-refractivity contribution in [1.29, 1.82) is 0 Å². The molecule has 0 aliphatic heterocycles. The molecule has 4 aromatic rings. The number of esters is 1. The van der Waals surface area contributed by atoms with Crippen LogP contribution in [-0.4, -0.2) is 12.6 Å². The smallest absolute Gasteiger partial charge is 0.396 e. The third kappa shape index (κ3) is 4.58. The highest BCUT2D eigenvalue weighted by Crippen LogP contribution is 2.34. The first-order valence-electron chi connectivity index (χ1n) is 8.72. The van der Waals surface area contributed by atoms with Gasteiger partial charge in [0.2, 0.25) is 0 Å². The third-order valence-electron chi connectivity index (χ3n) is 4.17. The second kappa shape index (κ2) is 8.23. The molecule has 0 aliphatic rings. The summed E-state index contributed by atoms with van der Waals surface area (Å²) in [4.78, 5) is 23.6. The Morgan fingerprint density at radius 3 is 2.48 bits per heavy atom. The molecule has 0 saturated carbocycles. The lowest BCUT2D eigenvalue weighted by Crippen LogP contribution is -2.17. The summed E-state index contributed by atoms with van der Waals surface area (Å²) in [5.74, 6) is 0.349. The molecule has 0 atom stereocenters. The van der Waals surface area contributed by atoms with Crippen LogP contribution in [0.5, 0.6) is 11.5 Å². The van der Waals surface area contributed by atoms with Gasteiger partial charge in [0.15, 0.2) is 12.2 Å². The zero-order chi connectivity index (χ0) is 20.4. The quantitative estimate of drug-likeness (QED) is 0.281. The highest BCUT2D eigenvalue weighted by Gasteiger charge is 2.15. The van der Waals surface area contributed by atoms with Crippen molar-refractivity contribution in [2.45, 2.75) is 6.92 Å². The molecule has 0 fully saturated rings. The molecule has 1 aromatic heterocycles. The van der Waals surface area contributed by atoms with Gasteiger partial charge in [0.1, 0.15) is 11.5 Å². The van der Waals surface area contributed by atoms with Gasteiger partial charge < -0.3 is 13.9 Å². The maximum atomic E-state index is 12.2. The van der Waals surface area contributed by atoms with Crippen molar-refractivity contribution < 1.29 is 18.7 Å². The fraction of sp³-hybridized carbons (Fsp3) is 0.0909. The van der Waals surface area contributed by atoms with Crippen molar-refractivity contribution in [3.63, 3.8) is 0 Å². The van der Waals surface area contributed by atoms with Crippen molar-refractivity contribution in [3.05, 3.63) is 80.4 Å². The summed E-state index contributed by atoms with van der Waals surface area (Å²) >= 11 is 4.31. The van der Waals surface area contributed by atoms with E-state index in [1.54, 1.807) is 24.3 Å². The van der Waals surface area contributed by atoms with E-state index in [1.165, 1.54) is 0 Å². The van der Waals surface area contributed by atoms with Gasteiger partial charge >= 0.3 is 10.9 Å². The average Bonchev–Trinajstić information content (AvgIpc) is 3.08. The molecule has 3 aromatic carbocycles. The van der Waals surface area contributed by atoms with Crippen molar-refractivity contribution in [1.82, 2.24) is 0 Å². The second-order valence-corrected chi connectivity index (χ2v) is 8.23. The van der Waals surface area contributed by atoms with Crippen molar-refractivity contribution in [2.75, 3.05) is 6.61 Å². The van der Waals surface area contributed by atoms with E-state index in [-0.39, 0.29) is 6.61 Å². The Morgan fingerprint density at radius 1 is 1.03 bits per heavy atom. The minimum atomic E-state index is -0.544. The summed E-state index contributed by atoms with van der Waals surface area (Å²) in [5, 5.41) is 0. The molecule has 0 unspecified atom stereocenters. The van der Waals surface area contributed by atoms with Crippen LogP contribution in [0.25, 0.3) is 21.4 Å². The lowest BCUT2D eigenvalue weighted by Gasteiger charge is -2.09. The molecule has 146 valence electrons. The number of halogens is 1. The predicted molar refractivity (Wildman–Crippen MR) is 116 cm³/mol. The van der Waals surface area contributed by atoms with Gasteiger partial charge in [0, 0.05) is 16.1 Å². The molecular weight excluding hydrogens is 456 g/mol. The van der Waals surface area contributed by atoms with Gasteiger partial charge in [0.05, 0.1) is 4.70 Å². The normalized spacial score (nSPS) is 10.8. The van der Waals surface area contributed by atoms with E-state index in [9.17, 15) is 9.59 Å². The summed E-state index contributed by atoms with van der Waals surface area (Å²) in [6.45, 7) is 1.76. The molecule has 0 amide bonds. The molecule has 7 heteroatoms. The van der Waals surface area contributed by atoms with Gasteiger partial charge in [-0.1, -0.05) is 57.1 Å². The number of hydrogen-bond donors (Lipinski definition) is 0. The van der Waals surface area contributed by atoms with E-state index in [0.29, 0.717) is 27.3 Å². The van der Waals surface area contributed by atoms with Gasteiger partial charge in [-0.05, 0) is 42.8 Å². The standard InChI is InChI=1S/C22H15BrO5S/c1-13-2-4-14(5-3-13)18-10-17(11-19-21(18)28-22(25)29-19)27-20(24)12-26-16-8-6-15(23)7-9-16/h2-11H,12H2,1H3. The monoisotopic (exact) mass is 470 g/mol. The van der Waals surface area contributed by atoms with Gasteiger partial charge in [-0.15, -0.1) is 0 Å². The molecular formula is C22H15BrO5S. The molecule has 29 heavy (non-hydrogen) atoms. The first kappa shape index (κ1) is 19.4. The summed E-state index contributed by atoms with van der Waals surface area (Å²) in [6, 6.07) is 18.3. The zero-order valence-corrected chi connectivity index (χ0v) is 17.7. The summed E-state index contributed by atoms with van der Waals surface area (Å²) in [6.07, 6.45) is 0. The lowest BCUT2D eigenvalue weighted by atomic mass is 10.0. The number of ether oxygens (including phenoxy) is 2. The largest absolute Gasteiger partial charge is 0.482 e. The number of carbonyl (C=O) groups excluding carboxylic acids is 1. The minimum absolute atomic E-state index is 0.235. The van der Waals surface area contributed by atoms with E-state index >= 15 is 0 Å². The van der Waals surface area contributed by atoms with E-state index < -0.39 is 10.9 Å². The van der Waals surface area contributed by atoms with Crippen LogP contribution < -0.4 is 14.4 Å². The summed E-state index contributed by atoms with van der Waals surface area (Å²) in [7, 11) is 0. The van der Waals surface area contributed by atoms with Gasteiger partial charge in [0.25, 0.3) is 0 Å². The predicted octanol–water partition coefficient (Wildman–Crippen LogP) is 5.58. The molecule has 0 radical (unpaired) electrons. The lowest BCUT2D eigenvalue weighted by molar-refractivity contribution is -0.136. The van der Waals surface area contributed by atoms with Gasteiger partial charge in [-0.2, -0.15) is 0 Å². The van der Waals surface area contributed by atoms with Crippen LogP contribution in [0.2, 0.25) is 0 Å². The maximum absolute atomic E-state index is 12.2. The molecule has 1 heterocycles. The van der Waals surface area contributed by atoms with Gasteiger partial charge in [-0.3, -0.25) is 0 Å². The SMILES string of the molecule is Cc1ccc(-c2cc(OC(=O)COc3ccc(Br)cc3)cc3sc(=O)oc23)cc1. The Labute approximate surface area is 178 Å². The van der Waals surface area contributed by atoms with Crippen LogP contribution in [0, 0.1) is 6.92 Å². The Hall–Kier alpha value is -2.90. The number of hydrogen-bond acceptors (Lipinski definition) is 6. The zero-order valence-electron chi connectivity index (χ0n) is 15.3. The van der Waals surface area contributed by atoms with Crippen molar-refractivity contribution in [2.24, 2.45) is 0 Å². The second-order valence-electron chi connectivity index (χ2n) is 6.33. The fourth-order valence-electron chi connectivity index (χ4n) is 2.79. The van der Waals surface area contributed by atoms with Crippen LogP contribution >= 0.6 is 27.3 Å². The van der Waals surface area contributed by atoms with E-state index in [4.69, 9.17) is 13.9 Å². The van der Waals surface area contributed by atoms with E-state index in [0.717, 1.165) is 26.9 Å². The fourth-order valence-corrected chi connectivity index (χ4v) is 3.78. The van der Waals surface area contributed by atoms with E-state index in [1.807, 2.05) is 43.3 Å². The molecule has 0 aliphatic carbocycles. The highest BCUT2D eigenvalue weighted by molar-refractivity contribution is 9.10. The minimum Gasteiger partial charge on any atom is -0.482 e. The molecule has 4 rings (SSSR count). The Bertz CT molecular complexity index is 1220. The number of fused-ring (bicyclic) bond motifs is 1. The van der Waals surface area contributed by atoms with Crippen LogP contribution in [-0.2, 0) is 4.79 Å². The summed E-state index contributed by atoms with van der Waals surface area (Å²) in [5.41, 5.74) is 3.16. The van der Waals surface area contributed by atoms with Crippen molar-refractivity contribution >= 4 is 43.5 Å². The topological polar surface area (TPSA) is 65.7 Å². The Kier molecular flexibility index (Phi) is 5.51. The number of aryl methyl sites for hydroxylation is 1. The Balaban J connectivity index is 1.58. The van der Waals surface area contributed by atoms with Crippen LogP contribution in [0.3, 0.4) is 0 Å². The molecule has 0 saturated heterocycles. The average molecular weight is 471 g/mol. The maximum Gasteiger partial charge on any atom is 0.396 e. The first-order chi connectivity index (χ1) is 14.0. The van der Waals surface area contributed by atoms with E-state index in [2.05, 4.69) is 15.9 Å². The number of carbonyl (C=O) groups is 1. The van der Waals surface area contributed by atoms with Crippen LogP contribution in [0.4, 0.5) is 0 Å². The molecule has 0 bridgehead atoms. The number of benzene rings is 3. The molecule has 5 nitrogen and oxygen atoms in total. The molecule has 0 spiro atoms. The summed E-state index contributed by atoms with van der Waals surface area (Å²) < 4.78 is 17.8. The van der Waals surface area contributed by atoms with Crippen LogP contribution in [0.15, 0.2) is 74.3 Å². The van der Waals surface area contributed by atoms with Crippen LogP contribution in [0.1, 0.15) is 5.56 Å². The number of rotatable bonds is 5. The first-order valence-corrected chi connectivity index (χ1v) is 10.3. The highest BCUT2D eigenvalue weighted by atomic mass is 79.9. The van der Waals surface area contributed by atoms with Crippen molar-refractivity contribution in [3.8, 4) is 22.6 Å². The Morgan fingerprint density at radius 2 is 1.76 bits per heavy atom. The third-order valence-corrected chi connectivity index (χ3v) is 5.47. The molecule has 0 N–H and O–H groups in total.